The Kier molecular flexibility index (Phi) is 7.58. The summed E-state index contributed by atoms with van der Waals surface area (Å²) in [5.41, 5.74) is 1.22. The number of rotatable bonds is 8. The highest BCUT2D eigenvalue weighted by molar-refractivity contribution is 5.76. The van der Waals surface area contributed by atoms with Crippen LogP contribution in [0.5, 0.6) is 0 Å². The van der Waals surface area contributed by atoms with Crippen molar-refractivity contribution in [1.29, 1.82) is 0 Å². The number of amides is 1. The Morgan fingerprint density at radius 2 is 1.58 bits per heavy atom. The summed E-state index contributed by atoms with van der Waals surface area (Å²) >= 11 is 0. The number of carbonyl (C=O) groups is 1. The molecule has 1 aliphatic heterocycles. The van der Waals surface area contributed by atoms with Crippen LogP contribution >= 0.6 is 0 Å². The van der Waals surface area contributed by atoms with Gasteiger partial charge in [0.25, 0.3) is 0 Å². The lowest BCUT2D eigenvalue weighted by molar-refractivity contribution is -0.265. The van der Waals surface area contributed by atoms with E-state index in [9.17, 15) is 27.9 Å². The minimum atomic E-state index is -4.37. The molecular weight excluding hydrogens is 475 g/mol. The average Bonchev–Trinajstić information content (AvgIpc) is 3.13. The topological polar surface area (TPSA) is 76.8 Å². The fourth-order valence-electron chi connectivity index (χ4n) is 4.65. The number of anilines is 1. The first kappa shape index (κ1) is 25.6. The molecule has 1 fully saturated rings. The van der Waals surface area contributed by atoms with Gasteiger partial charge in [0.1, 0.15) is 6.09 Å². The van der Waals surface area contributed by atoms with Crippen LogP contribution in [-0.2, 0) is 19.3 Å². The van der Waals surface area contributed by atoms with E-state index in [1.807, 2.05) is 29.2 Å². The van der Waals surface area contributed by atoms with Gasteiger partial charge in [-0.05, 0) is 37.3 Å². The van der Waals surface area contributed by atoms with Crippen LogP contribution in [0.15, 0.2) is 53.3 Å². The number of likely N-dealkylation sites (N-methyl/N-ethyl adjacent to an activating group) is 1. The van der Waals surface area contributed by atoms with Crippen molar-refractivity contribution in [2.24, 2.45) is 0 Å². The molecule has 4 rings (SSSR count). The summed E-state index contributed by atoms with van der Waals surface area (Å²) in [6.45, 7) is 5.97. The number of para-hydroxylation sites is 2. The van der Waals surface area contributed by atoms with Crippen molar-refractivity contribution in [1.82, 2.24) is 18.9 Å². The second-order valence-corrected chi connectivity index (χ2v) is 8.80. The minimum Gasteiger partial charge on any atom is -0.530 e. The SMILES string of the molecule is CCN(CCn1c(=O)n(CCN2CCN(c3cccc(C(F)(F)F)c3)CC2)c2ccccc21)C(=O)[O-]. The van der Waals surface area contributed by atoms with E-state index in [0.29, 0.717) is 45.0 Å². The molecule has 8 nitrogen and oxygen atoms in total. The summed E-state index contributed by atoms with van der Waals surface area (Å²) < 4.78 is 42.5. The second kappa shape index (κ2) is 10.7. The third-order valence-corrected chi connectivity index (χ3v) is 6.71. The van der Waals surface area contributed by atoms with Gasteiger partial charge in [-0.25, -0.2) is 4.79 Å². The van der Waals surface area contributed by atoms with E-state index in [-0.39, 0.29) is 25.3 Å². The Balaban J connectivity index is 1.41. The van der Waals surface area contributed by atoms with E-state index in [1.165, 1.54) is 12.1 Å². The predicted octanol–water partition coefficient (Wildman–Crippen LogP) is 2.31. The first-order chi connectivity index (χ1) is 17.2. The van der Waals surface area contributed by atoms with Crippen molar-refractivity contribution in [3.63, 3.8) is 0 Å². The number of carboxylic acid groups (broad SMARTS) is 1. The highest BCUT2D eigenvalue weighted by atomic mass is 19.4. The fraction of sp³-hybridized carbons (Fsp3) is 0.440. The van der Waals surface area contributed by atoms with Crippen molar-refractivity contribution in [3.05, 3.63) is 64.6 Å². The average molecular weight is 505 g/mol. The Labute approximate surface area is 206 Å². The van der Waals surface area contributed by atoms with Crippen molar-refractivity contribution in [2.75, 3.05) is 50.7 Å². The van der Waals surface area contributed by atoms with E-state index in [1.54, 1.807) is 22.1 Å². The molecule has 0 unspecified atom stereocenters. The molecular formula is C25H29F3N5O3-. The van der Waals surface area contributed by atoms with Gasteiger partial charge in [-0.2, -0.15) is 13.2 Å². The number of benzene rings is 2. The quantitative estimate of drug-likeness (QED) is 0.471. The zero-order chi connectivity index (χ0) is 25.9. The highest BCUT2D eigenvalue weighted by Crippen LogP contribution is 2.31. The van der Waals surface area contributed by atoms with Crippen molar-refractivity contribution >= 4 is 22.8 Å². The molecule has 194 valence electrons. The van der Waals surface area contributed by atoms with Gasteiger partial charge in [0.2, 0.25) is 0 Å². The maximum absolute atomic E-state index is 13.2. The zero-order valence-corrected chi connectivity index (χ0v) is 20.1. The molecule has 1 aliphatic rings. The van der Waals surface area contributed by atoms with Crippen LogP contribution in [0.25, 0.3) is 11.0 Å². The minimum absolute atomic E-state index is 0.157. The first-order valence-corrected chi connectivity index (χ1v) is 12.0. The maximum atomic E-state index is 13.2. The number of fused-ring (bicyclic) bond motifs is 1. The molecule has 11 heteroatoms. The second-order valence-electron chi connectivity index (χ2n) is 8.80. The molecule has 0 N–H and O–H groups in total. The van der Waals surface area contributed by atoms with Gasteiger partial charge in [-0.3, -0.25) is 14.0 Å². The lowest BCUT2D eigenvalue weighted by Gasteiger charge is -2.36. The number of carbonyl (C=O) groups excluding carboxylic acids is 1. The van der Waals surface area contributed by atoms with E-state index in [2.05, 4.69) is 4.90 Å². The van der Waals surface area contributed by atoms with Gasteiger partial charge in [0.15, 0.2) is 0 Å². The van der Waals surface area contributed by atoms with Crippen molar-refractivity contribution in [3.8, 4) is 0 Å². The summed E-state index contributed by atoms with van der Waals surface area (Å²) in [5.74, 6) is 0. The van der Waals surface area contributed by atoms with Crippen LogP contribution in [-0.4, -0.2) is 70.8 Å². The number of hydrogen-bond donors (Lipinski definition) is 0. The van der Waals surface area contributed by atoms with Crippen LogP contribution < -0.4 is 15.7 Å². The molecule has 3 aromatic rings. The third-order valence-electron chi connectivity index (χ3n) is 6.71. The fourth-order valence-corrected chi connectivity index (χ4v) is 4.65. The van der Waals surface area contributed by atoms with Crippen molar-refractivity contribution in [2.45, 2.75) is 26.2 Å². The number of nitrogens with zero attached hydrogens (tertiary/aromatic N) is 5. The molecule has 0 atom stereocenters. The van der Waals surface area contributed by atoms with Gasteiger partial charge in [0.05, 0.1) is 16.6 Å². The predicted molar refractivity (Wildman–Crippen MR) is 129 cm³/mol. The summed E-state index contributed by atoms with van der Waals surface area (Å²) in [7, 11) is 0. The van der Waals surface area contributed by atoms with Gasteiger partial charge in [0, 0.05) is 64.6 Å². The van der Waals surface area contributed by atoms with E-state index in [0.717, 1.165) is 22.0 Å². The van der Waals surface area contributed by atoms with Crippen LogP contribution in [0.1, 0.15) is 12.5 Å². The van der Waals surface area contributed by atoms with E-state index in [4.69, 9.17) is 0 Å². The normalized spacial score (nSPS) is 14.9. The van der Waals surface area contributed by atoms with Crippen LogP contribution in [0.3, 0.4) is 0 Å². The van der Waals surface area contributed by atoms with Gasteiger partial charge in [-0.15, -0.1) is 0 Å². The Bertz CT molecular complexity index is 1260. The number of hydrogen-bond acceptors (Lipinski definition) is 5. The largest absolute Gasteiger partial charge is 0.530 e. The van der Waals surface area contributed by atoms with Crippen LogP contribution in [0.4, 0.5) is 23.7 Å². The van der Waals surface area contributed by atoms with Gasteiger partial charge >= 0.3 is 11.9 Å². The van der Waals surface area contributed by atoms with E-state index >= 15 is 0 Å². The molecule has 0 saturated carbocycles. The Hall–Kier alpha value is -3.47. The smallest absolute Gasteiger partial charge is 0.416 e. The summed E-state index contributed by atoms with van der Waals surface area (Å²) in [5, 5.41) is 11.2. The molecule has 0 bridgehead atoms. The molecule has 2 aromatic carbocycles. The van der Waals surface area contributed by atoms with E-state index < -0.39 is 17.8 Å². The number of alkyl halides is 3. The number of piperazine rings is 1. The lowest BCUT2D eigenvalue weighted by Crippen LogP contribution is -2.47. The Morgan fingerprint density at radius 3 is 2.17 bits per heavy atom. The standard InChI is InChI=1S/C25H30F3N5O3/c1-2-30(24(35)36)15-17-33-22-9-4-3-8-21(22)32(23(33)34)16-12-29-10-13-31(14-11-29)20-7-5-6-19(18-20)25(26,27)28/h3-9,18H,2,10-17H2,1H3,(H,35,36)/p-1. The highest BCUT2D eigenvalue weighted by Gasteiger charge is 2.31. The molecule has 1 aromatic heterocycles. The molecule has 1 saturated heterocycles. The molecule has 0 spiro atoms. The number of aromatic nitrogens is 2. The molecule has 2 heterocycles. The summed E-state index contributed by atoms with van der Waals surface area (Å²) in [6, 6.07) is 12.8. The monoisotopic (exact) mass is 504 g/mol. The Morgan fingerprint density at radius 1 is 0.944 bits per heavy atom. The number of halogens is 3. The molecule has 0 aliphatic carbocycles. The van der Waals surface area contributed by atoms with Gasteiger partial charge < -0.3 is 19.7 Å². The molecule has 0 radical (unpaired) electrons. The molecule has 1 amide bonds. The first-order valence-electron chi connectivity index (χ1n) is 12.0. The lowest BCUT2D eigenvalue weighted by atomic mass is 10.1. The van der Waals surface area contributed by atoms with Crippen LogP contribution in [0, 0.1) is 0 Å². The van der Waals surface area contributed by atoms with Crippen molar-refractivity contribution < 1.29 is 23.1 Å². The zero-order valence-electron chi connectivity index (χ0n) is 20.1. The van der Waals surface area contributed by atoms with Gasteiger partial charge in [-0.1, -0.05) is 18.2 Å². The number of imidazole rings is 1. The molecule has 36 heavy (non-hydrogen) atoms. The maximum Gasteiger partial charge on any atom is 0.416 e. The van der Waals surface area contributed by atoms with Crippen LogP contribution in [0.2, 0.25) is 0 Å². The summed E-state index contributed by atoms with van der Waals surface area (Å²) in [6.07, 6.45) is -5.64. The summed E-state index contributed by atoms with van der Waals surface area (Å²) in [4.78, 5) is 29.7. The third kappa shape index (κ3) is 5.51.